The number of alkyl halides is 3. The van der Waals surface area contributed by atoms with E-state index in [4.69, 9.17) is 4.74 Å². The monoisotopic (exact) mass is 445 g/mol. The van der Waals surface area contributed by atoms with Crippen molar-refractivity contribution in [1.29, 1.82) is 5.26 Å². The molecule has 4 rings (SSSR count). The van der Waals surface area contributed by atoms with E-state index < -0.39 is 18.4 Å². The maximum atomic E-state index is 13.0. The molecule has 3 aromatic rings. The molecule has 0 aliphatic heterocycles. The van der Waals surface area contributed by atoms with Crippen molar-refractivity contribution in [3.05, 3.63) is 42.4 Å². The first-order valence-electron chi connectivity index (χ1n) is 9.70. The Morgan fingerprint density at radius 2 is 2.12 bits per heavy atom. The third kappa shape index (κ3) is 4.36. The van der Waals surface area contributed by atoms with Gasteiger partial charge < -0.3 is 15.2 Å². The van der Waals surface area contributed by atoms with Gasteiger partial charge in [-0.1, -0.05) is 0 Å². The number of aliphatic hydroxyl groups is 1. The minimum atomic E-state index is -4.88. The Bertz CT molecular complexity index is 1230. The lowest BCUT2D eigenvalue weighted by Gasteiger charge is -2.26. The van der Waals surface area contributed by atoms with Gasteiger partial charge in [0.25, 0.3) is 0 Å². The van der Waals surface area contributed by atoms with E-state index in [9.17, 15) is 28.3 Å². The number of nitrogens with one attached hydrogen (secondary N) is 1. The molecule has 0 spiro atoms. The molecule has 0 radical (unpaired) electrons. The number of fused-ring (bicyclic) bond motifs is 1. The number of nitriles is 1. The van der Waals surface area contributed by atoms with E-state index in [2.05, 4.69) is 15.4 Å². The zero-order valence-corrected chi connectivity index (χ0v) is 16.8. The van der Waals surface area contributed by atoms with Crippen LogP contribution < -0.4 is 10.1 Å². The highest BCUT2D eigenvalue weighted by Crippen LogP contribution is 2.35. The van der Waals surface area contributed by atoms with Crippen LogP contribution in [0.25, 0.3) is 16.6 Å². The molecule has 2 N–H and O–H groups in total. The first-order chi connectivity index (χ1) is 15.1. The summed E-state index contributed by atoms with van der Waals surface area (Å²) in [4.78, 5) is 15.8. The highest BCUT2D eigenvalue weighted by atomic mass is 19.4. The lowest BCUT2D eigenvalue weighted by atomic mass is 10.1. The predicted molar refractivity (Wildman–Crippen MR) is 107 cm³/mol. The lowest BCUT2D eigenvalue weighted by molar-refractivity contribution is -0.260. The molecule has 32 heavy (non-hydrogen) atoms. The van der Waals surface area contributed by atoms with E-state index in [1.54, 1.807) is 24.4 Å². The first kappa shape index (κ1) is 21.6. The molecule has 166 valence electrons. The van der Waals surface area contributed by atoms with E-state index in [0.29, 0.717) is 29.4 Å². The molecule has 0 bridgehead atoms. The molecule has 1 aliphatic carbocycles. The molecule has 8 nitrogen and oxygen atoms in total. The molecule has 3 aromatic heterocycles. The van der Waals surface area contributed by atoms with Crippen LogP contribution >= 0.6 is 0 Å². The Morgan fingerprint density at radius 3 is 2.78 bits per heavy atom. The van der Waals surface area contributed by atoms with Crippen LogP contribution in [0, 0.1) is 17.2 Å². The van der Waals surface area contributed by atoms with E-state index in [-0.39, 0.29) is 23.3 Å². The summed E-state index contributed by atoms with van der Waals surface area (Å²) in [5.41, 5.74) is -1.57. The van der Waals surface area contributed by atoms with Crippen molar-refractivity contribution < 1.29 is 27.8 Å². The van der Waals surface area contributed by atoms with Gasteiger partial charge >= 0.3 is 6.18 Å². The number of ether oxygens (including phenoxy) is 1. The second-order valence-corrected chi connectivity index (χ2v) is 7.82. The second kappa shape index (κ2) is 7.80. The largest absolute Gasteiger partial charge is 0.488 e. The van der Waals surface area contributed by atoms with Gasteiger partial charge in [0.1, 0.15) is 24.1 Å². The number of hydrogen-bond acceptors (Lipinski definition) is 6. The molecular formula is C21H18F3N5O3. The van der Waals surface area contributed by atoms with E-state index >= 15 is 0 Å². The van der Waals surface area contributed by atoms with Gasteiger partial charge in [0, 0.05) is 23.7 Å². The summed E-state index contributed by atoms with van der Waals surface area (Å²) in [6.45, 7) is -0.442. The van der Waals surface area contributed by atoms with Gasteiger partial charge in [-0.3, -0.25) is 4.79 Å². The zero-order valence-electron chi connectivity index (χ0n) is 16.8. The Kier molecular flexibility index (Phi) is 5.26. The van der Waals surface area contributed by atoms with Crippen molar-refractivity contribution in [2.24, 2.45) is 5.92 Å². The Hall–Kier alpha value is -3.65. The Balaban J connectivity index is 1.65. The minimum absolute atomic E-state index is 0.0187. The van der Waals surface area contributed by atoms with Crippen LogP contribution in [0.1, 0.15) is 25.5 Å². The number of anilines is 1. The number of aromatic nitrogens is 3. The fourth-order valence-corrected chi connectivity index (χ4v) is 2.94. The smallest absolute Gasteiger partial charge is 0.420 e. The standard InChI is InChI=1S/C21H18F3N5O3/c1-20(31,21(22,23)24)11-32-17-10-26-14(9-25)7-16(17)13-4-5-29-15(6-13)8-18(28-29)27-19(30)12-2-3-12/h4-8,10,12,31H,2-3,11H2,1H3,(H,27,28,30)/t20-/m0/s1. The van der Waals surface area contributed by atoms with Crippen LogP contribution in [-0.2, 0) is 4.79 Å². The summed E-state index contributed by atoms with van der Waals surface area (Å²) >= 11 is 0. The number of amides is 1. The van der Waals surface area contributed by atoms with Crippen LogP contribution in [0.4, 0.5) is 19.0 Å². The zero-order chi connectivity index (χ0) is 23.1. The van der Waals surface area contributed by atoms with Crippen molar-refractivity contribution in [1.82, 2.24) is 14.6 Å². The van der Waals surface area contributed by atoms with Crippen LogP contribution in [0.3, 0.4) is 0 Å². The van der Waals surface area contributed by atoms with E-state index in [1.807, 2.05) is 6.07 Å². The maximum Gasteiger partial charge on any atom is 0.420 e. The van der Waals surface area contributed by atoms with Crippen LogP contribution in [0.5, 0.6) is 5.75 Å². The van der Waals surface area contributed by atoms with Gasteiger partial charge in [-0.05, 0) is 43.5 Å². The molecule has 1 fully saturated rings. The number of rotatable bonds is 6. The second-order valence-electron chi connectivity index (χ2n) is 7.82. The normalized spacial score (nSPS) is 15.8. The summed E-state index contributed by atoms with van der Waals surface area (Å²) in [5.74, 6) is 0.280. The van der Waals surface area contributed by atoms with Gasteiger partial charge in [-0.15, -0.1) is 0 Å². The maximum absolute atomic E-state index is 13.0. The minimum Gasteiger partial charge on any atom is -0.488 e. The van der Waals surface area contributed by atoms with Gasteiger partial charge in [0.05, 0.1) is 11.7 Å². The molecule has 0 saturated heterocycles. The van der Waals surface area contributed by atoms with Crippen molar-refractivity contribution >= 4 is 17.2 Å². The SMILES string of the molecule is C[C@](O)(COc1cnc(C#N)cc1-c1ccn2nc(NC(=O)C3CC3)cc2c1)C(F)(F)F. The number of hydrogen-bond donors (Lipinski definition) is 2. The van der Waals surface area contributed by atoms with E-state index in [1.165, 1.54) is 10.6 Å². The third-order valence-corrected chi connectivity index (χ3v) is 5.08. The van der Waals surface area contributed by atoms with Crippen molar-refractivity contribution in [3.63, 3.8) is 0 Å². The van der Waals surface area contributed by atoms with Gasteiger partial charge in [-0.25, -0.2) is 9.50 Å². The molecule has 1 saturated carbocycles. The average Bonchev–Trinajstić information content (AvgIpc) is 3.51. The summed E-state index contributed by atoms with van der Waals surface area (Å²) < 4.78 is 45.7. The fourth-order valence-electron chi connectivity index (χ4n) is 2.94. The van der Waals surface area contributed by atoms with Crippen LogP contribution in [-0.4, -0.2) is 44.0 Å². The molecular weight excluding hydrogens is 427 g/mol. The van der Waals surface area contributed by atoms with E-state index in [0.717, 1.165) is 19.0 Å². The molecule has 0 aromatic carbocycles. The Morgan fingerprint density at radius 1 is 1.38 bits per heavy atom. The highest BCUT2D eigenvalue weighted by Gasteiger charge is 2.50. The van der Waals surface area contributed by atoms with Crippen LogP contribution in [0.2, 0.25) is 0 Å². The molecule has 1 amide bonds. The van der Waals surface area contributed by atoms with Gasteiger partial charge in [-0.2, -0.15) is 23.5 Å². The number of carbonyl (C=O) groups excluding carboxylic acids is 1. The molecule has 0 unspecified atom stereocenters. The highest BCUT2D eigenvalue weighted by molar-refractivity contribution is 5.93. The molecule has 1 atom stereocenters. The topological polar surface area (TPSA) is 113 Å². The van der Waals surface area contributed by atoms with Gasteiger partial charge in [0.15, 0.2) is 11.4 Å². The van der Waals surface area contributed by atoms with Crippen LogP contribution in [0.15, 0.2) is 36.7 Å². The lowest BCUT2D eigenvalue weighted by Crippen LogP contribution is -2.47. The summed E-state index contributed by atoms with van der Waals surface area (Å²) in [7, 11) is 0. The molecule has 11 heteroatoms. The van der Waals surface area contributed by atoms with Crippen molar-refractivity contribution in [2.45, 2.75) is 31.5 Å². The third-order valence-electron chi connectivity index (χ3n) is 5.08. The number of halogens is 3. The number of pyridine rings is 2. The fraction of sp³-hybridized carbons (Fsp3) is 0.333. The summed E-state index contributed by atoms with van der Waals surface area (Å²) in [6, 6.07) is 8.24. The number of carbonyl (C=O) groups is 1. The van der Waals surface area contributed by atoms with Gasteiger partial charge in [0.2, 0.25) is 5.91 Å². The quantitative estimate of drug-likeness (QED) is 0.602. The van der Waals surface area contributed by atoms with Crippen molar-refractivity contribution in [3.8, 4) is 22.9 Å². The molecule has 3 heterocycles. The summed E-state index contributed by atoms with van der Waals surface area (Å²) in [6.07, 6.45) is -0.417. The molecule has 1 aliphatic rings. The Labute approximate surface area is 180 Å². The first-order valence-corrected chi connectivity index (χ1v) is 9.70. The summed E-state index contributed by atoms with van der Waals surface area (Å²) in [5, 5.41) is 25.9. The number of nitrogens with zero attached hydrogens (tertiary/aromatic N) is 4. The average molecular weight is 445 g/mol. The predicted octanol–water partition coefficient (Wildman–Crippen LogP) is 3.31. The van der Waals surface area contributed by atoms with Crippen molar-refractivity contribution in [2.75, 3.05) is 11.9 Å².